The number of likely N-dealkylation sites (tertiary alicyclic amines) is 1. The van der Waals surface area contributed by atoms with Crippen molar-refractivity contribution in [2.24, 2.45) is 11.3 Å². The van der Waals surface area contributed by atoms with Crippen LogP contribution in [-0.4, -0.2) is 23.4 Å². The molecule has 3 heteroatoms. The first-order chi connectivity index (χ1) is 10.2. The van der Waals surface area contributed by atoms with Crippen molar-refractivity contribution >= 4 is 5.91 Å². The van der Waals surface area contributed by atoms with Gasteiger partial charge in [-0.25, -0.2) is 0 Å². The van der Waals surface area contributed by atoms with Crippen LogP contribution >= 0.6 is 0 Å². The monoisotopic (exact) mass is 290 g/mol. The van der Waals surface area contributed by atoms with Crippen molar-refractivity contribution in [1.82, 2.24) is 4.90 Å². The van der Waals surface area contributed by atoms with Crippen molar-refractivity contribution in [3.8, 4) is 6.07 Å². The van der Waals surface area contributed by atoms with E-state index in [0.29, 0.717) is 24.8 Å². The molecule has 1 unspecified atom stereocenters. The molecule has 1 saturated carbocycles. The Morgan fingerprint density at radius 1 is 1.14 bits per heavy atom. The number of hydrogen-bond donors (Lipinski definition) is 0. The van der Waals surface area contributed by atoms with Gasteiger partial charge in [-0.1, -0.05) is 39.5 Å². The molecule has 1 aliphatic carbocycles. The Kier molecular flexibility index (Phi) is 5.67. The van der Waals surface area contributed by atoms with Crippen molar-refractivity contribution in [3.63, 3.8) is 0 Å². The number of carbonyl (C=O) groups is 1. The molecule has 2 rings (SSSR count). The van der Waals surface area contributed by atoms with Crippen molar-refractivity contribution in [2.45, 2.75) is 84.1 Å². The molecule has 1 heterocycles. The first-order valence-electron chi connectivity index (χ1n) is 8.91. The number of amides is 1. The van der Waals surface area contributed by atoms with E-state index >= 15 is 0 Å². The fraction of sp³-hybridized carbons (Fsp3) is 0.889. The van der Waals surface area contributed by atoms with Gasteiger partial charge in [0.05, 0.1) is 6.07 Å². The Balaban J connectivity index is 2.16. The van der Waals surface area contributed by atoms with E-state index in [1.165, 1.54) is 25.7 Å². The minimum Gasteiger partial charge on any atom is -0.338 e. The SMILES string of the molecule is CCCC(C#N)(CCC)C(=O)N1CCCC1C1CCCC1. The molecule has 1 amide bonds. The molecular weight excluding hydrogens is 260 g/mol. The predicted octanol–water partition coefficient (Wildman–Crippen LogP) is 4.28. The third-order valence-electron chi connectivity index (χ3n) is 5.48. The van der Waals surface area contributed by atoms with Crippen molar-refractivity contribution < 1.29 is 4.79 Å². The van der Waals surface area contributed by atoms with E-state index in [9.17, 15) is 10.1 Å². The van der Waals surface area contributed by atoms with Crippen LogP contribution < -0.4 is 0 Å². The average molecular weight is 290 g/mol. The highest BCUT2D eigenvalue weighted by Crippen LogP contribution is 2.39. The Morgan fingerprint density at radius 2 is 1.76 bits per heavy atom. The minimum atomic E-state index is -0.759. The highest BCUT2D eigenvalue weighted by molar-refractivity contribution is 5.86. The summed E-state index contributed by atoms with van der Waals surface area (Å²) in [7, 11) is 0. The maximum Gasteiger partial charge on any atom is 0.243 e. The molecule has 0 radical (unpaired) electrons. The molecule has 2 fully saturated rings. The van der Waals surface area contributed by atoms with Crippen LogP contribution in [0.1, 0.15) is 78.1 Å². The van der Waals surface area contributed by atoms with E-state index in [0.717, 1.165) is 32.2 Å². The van der Waals surface area contributed by atoms with E-state index in [2.05, 4.69) is 24.8 Å². The largest absolute Gasteiger partial charge is 0.338 e. The zero-order valence-corrected chi connectivity index (χ0v) is 13.7. The van der Waals surface area contributed by atoms with Gasteiger partial charge in [0.25, 0.3) is 0 Å². The Bertz CT molecular complexity index is 387. The number of hydrogen-bond acceptors (Lipinski definition) is 2. The molecule has 1 atom stereocenters. The molecular formula is C18H30N2O. The average Bonchev–Trinajstić information content (AvgIpc) is 3.16. The van der Waals surface area contributed by atoms with Crippen LogP contribution in [0.25, 0.3) is 0 Å². The van der Waals surface area contributed by atoms with E-state index in [4.69, 9.17) is 0 Å². The molecule has 0 aromatic heterocycles. The number of carbonyl (C=O) groups excluding carboxylic acids is 1. The standard InChI is InChI=1S/C18H30N2O/c1-3-11-18(14-19,12-4-2)17(21)20-13-7-10-16(20)15-8-5-6-9-15/h15-16H,3-13H2,1-2H3. The molecule has 1 saturated heterocycles. The van der Waals surface area contributed by atoms with Crippen LogP contribution in [0.15, 0.2) is 0 Å². The van der Waals surface area contributed by atoms with Gasteiger partial charge < -0.3 is 4.90 Å². The number of nitriles is 1. The van der Waals surface area contributed by atoms with Crippen molar-refractivity contribution in [2.75, 3.05) is 6.54 Å². The van der Waals surface area contributed by atoms with Gasteiger partial charge in [0.1, 0.15) is 5.41 Å². The van der Waals surface area contributed by atoms with E-state index in [1.807, 2.05) is 0 Å². The van der Waals surface area contributed by atoms with Gasteiger partial charge >= 0.3 is 0 Å². The van der Waals surface area contributed by atoms with Gasteiger partial charge in [-0.15, -0.1) is 0 Å². The topological polar surface area (TPSA) is 44.1 Å². The second kappa shape index (κ2) is 7.29. The summed E-state index contributed by atoms with van der Waals surface area (Å²) in [6.07, 6.45) is 10.7. The highest BCUT2D eigenvalue weighted by atomic mass is 16.2. The van der Waals surface area contributed by atoms with Crippen LogP contribution in [0.3, 0.4) is 0 Å². The lowest BCUT2D eigenvalue weighted by Gasteiger charge is -2.36. The summed E-state index contributed by atoms with van der Waals surface area (Å²) in [5, 5.41) is 9.72. The number of rotatable bonds is 6. The van der Waals surface area contributed by atoms with Crippen LogP contribution in [0.5, 0.6) is 0 Å². The summed E-state index contributed by atoms with van der Waals surface area (Å²) in [6.45, 7) is 5.03. The summed E-state index contributed by atoms with van der Waals surface area (Å²) in [5.41, 5.74) is -0.759. The van der Waals surface area contributed by atoms with Gasteiger partial charge in [-0.05, 0) is 44.4 Å². The molecule has 118 valence electrons. The third-order valence-corrected chi connectivity index (χ3v) is 5.48. The van der Waals surface area contributed by atoms with Crippen LogP contribution in [0.2, 0.25) is 0 Å². The second-order valence-electron chi connectivity index (χ2n) is 6.95. The van der Waals surface area contributed by atoms with Crippen molar-refractivity contribution in [1.29, 1.82) is 5.26 Å². The third kappa shape index (κ3) is 3.25. The summed E-state index contributed by atoms with van der Waals surface area (Å²) in [6, 6.07) is 2.83. The van der Waals surface area contributed by atoms with Crippen LogP contribution in [0.4, 0.5) is 0 Å². The van der Waals surface area contributed by atoms with Crippen LogP contribution in [-0.2, 0) is 4.79 Å². The molecule has 0 aromatic carbocycles. The maximum atomic E-state index is 13.1. The molecule has 3 nitrogen and oxygen atoms in total. The zero-order chi connectivity index (χ0) is 15.3. The second-order valence-corrected chi connectivity index (χ2v) is 6.95. The number of nitrogens with zero attached hydrogens (tertiary/aromatic N) is 2. The molecule has 0 bridgehead atoms. The Hall–Kier alpha value is -1.04. The van der Waals surface area contributed by atoms with Crippen molar-refractivity contribution in [3.05, 3.63) is 0 Å². The van der Waals surface area contributed by atoms with Crippen LogP contribution in [0, 0.1) is 22.7 Å². The molecule has 1 aliphatic heterocycles. The van der Waals surface area contributed by atoms with E-state index in [1.54, 1.807) is 0 Å². The summed E-state index contributed by atoms with van der Waals surface area (Å²) >= 11 is 0. The molecule has 0 N–H and O–H groups in total. The lowest BCUT2D eigenvalue weighted by Crippen LogP contribution is -2.47. The molecule has 0 spiro atoms. The lowest BCUT2D eigenvalue weighted by molar-refractivity contribution is -0.141. The molecule has 0 aromatic rings. The summed E-state index contributed by atoms with van der Waals surface area (Å²) < 4.78 is 0. The van der Waals surface area contributed by atoms with E-state index in [-0.39, 0.29) is 5.91 Å². The molecule has 21 heavy (non-hydrogen) atoms. The summed E-state index contributed by atoms with van der Waals surface area (Å²) in [4.78, 5) is 15.3. The minimum absolute atomic E-state index is 0.142. The van der Waals surface area contributed by atoms with Gasteiger partial charge in [0.15, 0.2) is 0 Å². The zero-order valence-electron chi connectivity index (χ0n) is 13.7. The highest BCUT2D eigenvalue weighted by Gasteiger charge is 2.45. The Labute approximate surface area is 129 Å². The maximum absolute atomic E-state index is 13.1. The fourth-order valence-electron chi connectivity index (χ4n) is 4.50. The van der Waals surface area contributed by atoms with E-state index < -0.39 is 5.41 Å². The molecule has 2 aliphatic rings. The summed E-state index contributed by atoms with van der Waals surface area (Å²) in [5.74, 6) is 0.833. The van der Waals surface area contributed by atoms with Gasteiger partial charge in [-0.3, -0.25) is 4.79 Å². The predicted molar refractivity (Wildman–Crippen MR) is 84.6 cm³/mol. The van der Waals surface area contributed by atoms with Gasteiger partial charge in [0, 0.05) is 12.6 Å². The normalized spacial score (nSPS) is 23.5. The fourth-order valence-corrected chi connectivity index (χ4v) is 4.50. The van der Waals surface area contributed by atoms with Gasteiger partial charge in [-0.2, -0.15) is 5.26 Å². The quantitative estimate of drug-likeness (QED) is 0.733. The first-order valence-corrected chi connectivity index (χ1v) is 8.91. The Morgan fingerprint density at radius 3 is 2.29 bits per heavy atom. The smallest absolute Gasteiger partial charge is 0.243 e. The van der Waals surface area contributed by atoms with Gasteiger partial charge in [0.2, 0.25) is 5.91 Å². The lowest BCUT2D eigenvalue weighted by atomic mass is 9.78. The first kappa shape index (κ1) is 16.3.